The van der Waals surface area contributed by atoms with Crippen LogP contribution < -0.4 is 5.32 Å². The molecule has 100 valence electrons. The Kier molecular flexibility index (Phi) is 3.50. The van der Waals surface area contributed by atoms with Gasteiger partial charge in [0, 0.05) is 6.20 Å². The minimum atomic E-state index is -1.07. The zero-order valence-corrected chi connectivity index (χ0v) is 10.8. The number of carbonyl (C=O) groups excluding carboxylic acids is 1. The van der Waals surface area contributed by atoms with Gasteiger partial charge < -0.3 is 10.4 Å². The van der Waals surface area contributed by atoms with Crippen LogP contribution in [0, 0.1) is 6.92 Å². The summed E-state index contributed by atoms with van der Waals surface area (Å²) < 4.78 is 1.68. The average Bonchev–Trinajstić information content (AvgIpc) is 2.73. The van der Waals surface area contributed by atoms with Crippen molar-refractivity contribution in [2.24, 2.45) is 0 Å². The fourth-order valence-corrected chi connectivity index (χ4v) is 1.92. The fraction of sp³-hybridized carbons (Fsp3) is 0.308. The Labute approximate surface area is 110 Å². The van der Waals surface area contributed by atoms with Gasteiger partial charge in [0.1, 0.15) is 17.9 Å². The molecule has 19 heavy (non-hydrogen) atoms. The molecule has 0 radical (unpaired) electrons. The number of hydrogen-bond acceptors (Lipinski definition) is 3. The minimum Gasteiger partial charge on any atom is -0.480 e. The largest absolute Gasteiger partial charge is 0.480 e. The van der Waals surface area contributed by atoms with Crippen molar-refractivity contribution < 1.29 is 14.7 Å². The van der Waals surface area contributed by atoms with Gasteiger partial charge >= 0.3 is 5.97 Å². The van der Waals surface area contributed by atoms with E-state index in [1.807, 2.05) is 26.0 Å². The Morgan fingerprint density at radius 3 is 2.84 bits per heavy atom. The smallest absolute Gasteiger partial charge is 0.322 e. The number of fused-ring (bicyclic) bond motifs is 1. The Balaban J connectivity index is 2.45. The lowest BCUT2D eigenvalue weighted by molar-refractivity contribution is -0.135. The van der Waals surface area contributed by atoms with Crippen LogP contribution in [0.2, 0.25) is 0 Å². The number of carboxylic acid groups (broad SMARTS) is 1. The number of carboxylic acids is 1. The molecule has 0 atom stereocenters. The molecule has 2 aromatic heterocycles. The first-order chi connectivity index (χ1) is 9.02. The van der Waals surface area contributed by atoms with Crippen LogP contribution in [0.15, 0.2) is 18.3 Å². The summed E-state index contributed by atoms with van der Waals surface area (Å²) in [5, 5.41) is 11.0. The van der Waals surface area contributed by atoms with Gasteiger partial charge in [-0.25, -0.2) is 4.98 Å². The summed E-state index contributed by atoms with van der Waals surface area (Å²) in [4.78, 5) is 26.9. The summed E-state index contributed by atoms with van der Waals surface area (Å²) >= 11 is 0. The Morgan fingerprint density at radius 2 is 2.21 bits per heavy atom. The maximum atomic E-state index is 12.1. The van der Waals surface area contributed by atoms with Crippen molar-refractivity contribution >= 4 is 17.5 Å². The average molecular weight is 261 g/mol. The second-order valence-corrected chi connectivity index (χ2v) is 4.27. The van der Waals surface area contributed by atoms with Gasteiger partial charge in [-0.1, -0.05) is 6.92 Å². The van der Waals surface area contributed by atoms with Gasteiger partial charge in [0.15, 0.2) is 0 Å². The normalized spacial score (nSPS) is 10.6. The summed E-state index contributed by atoms with van der Waals surface area (Å²) in [5.74, 6) is -1.49. The highest BCUT2D eigenvalue weighted by atomic mass is 16.4. The van der Waals surface area contributed by atoms with Crippen molar-refractivity contribution in [3.63, 3.8) is 0 Å². The number of amides is 1. The van der Waals surface area contributed by atoms with Crippen LogP contribution in [0.4, 0.5) is 0 Å². The quantitative estimate of drug-likeness (QED) is 0.860. The van der Waals surface area contributed by atoms with Gasteiger partial charge in [0.25, 0.3) is 5.91 Å². The van der Waals surface area contributed by atoms with Gasteiger partial charge in [-0.15, -0.1) is 0 Å². The molecule has 2 heterocycles. The number of nitrogens with one attached hydrogen (secondary N) is 1. The third-order valence-corrected chi connectivity index (χ3v) is 2.80. The molecule has 0 bridgehead atoms. The number of imidazole rings is 1. The lowest BCUT2D eigenvalue weighted by Crippen LogP contribution is -2.30. The van der Waals surface area contributed by atoms with Crippen molar-refractivity contribution in [2.45, 2.75) is 20.3 Å². The van der Waals surface area contributed by atoms with E-state index in [0.29, 0.717) is 23.5 Å². The van der Waals surface area contributed by atoms with Crippen LogP contribution in [0.5, 0.6) is 0 Å². The summed E-state index contributed by atoms with van der Waals surface area (Å²) in [5.41, 5.74) is 2.81. The lowest BCUT2D eigenvalue weighted by atomic mass is 10.2. The van der Waals surface area contributed by atoms with E-state index in [0.717, 1.165) is 5.56 Å². The maximum absolute atomic E-state index is 12.1. The second-order valence-electron chi connectivity index (χ2n) is 4.27. The first-order valence-electron chi connectivity index (χ1n) is 6.00. The molecule has 2 aromatic rings. The fourth-order valence-electron chi connectivity index (χ4n) is 1.92. The van der Waals surface area contributed by atoms with E-state index in [-0.39, 0.29) is 0 Å². The van der Waals surface area contributed by atoms with Crippen LogP contribution in [-0.4, -0.2) is 32.9 Å². The number of aliphatic carboxylic acids is 1. The van der Waals surface area contributed by atoms with Gasteiger partial charge in [-0.3, -0.25) is 14.0 Å². The van der Waals surface area contributed by atoms with Crippen molar-refractivity contribution in [3.8, 4) is 0 Å². The highest BCUT2D eigenvalue weighted by Gasteiger charge is 2.18. The van der Waals surface area contributed by atoms with E-state index < -0.39 is 18.4 Å². The predicted molar refractivity (Wildman–Crippen MR) is 69.3 cm³/mol. The second kappa shape index (κ2) is 5.09. The summed E-state index contributed by atoms with van der Waals surface area (Å²) in [6, 6.07) is 3.76. The molecule has 0 spiro atoms. The summed E-state index contributed by atoms with van der Waals surface area (Å²) in [6.07, 6.45) is 2.38. The van der Waals surface area contributed by atoms with Crippen molar-refractivity contribution in [2.75, 3.05) is 6.54 Å². The molecule has 0 aromatic carbocycles. The van der Waals surface area contributed by atoms with E-state index in [1.165, 1.54) is 0 Å². The topological polar surface area (TPSA) is 83.7 Å². The number of pyridine rings is 1. The molecule has 0 aliphatic carbocycles. The molecule has 0 aliphatic heterocycles. The molecule has 6 nitrogen and oxygen atoms in total. The number of aromatic nitrogens is 2. The lowest BCUT2D eigenvalue weighted by Gasteiger charge is -2.04. The van der Waals surface area contributed by atoms with Crippen LogP contribution in [-0.2, 0) is 11.2 Å². The van der Waals surface area contributed by atoms with Crippen LogP contribution >= 0.6 is 0 Å². The number of aryl methyl sites for hydroxylation is 2. The molecule has 0 saturated carbocycles. The Morgan fingerprint density at radius 1 is 1.47 bits per heavy atom. The van der Waals surface area contributed by atoms with Crippen LogP contribution in [0.3, 0.4) is 0 Å². The van der Waals surface area contributed by atoms with Gasteiger partial charge in [-0.05, 0) is 31.0 Å². The minimum absolute atomic E-state index is 0.402. The summed E-state index contributed by atoms with van der Waals surface area (Å²) in [6.45, 7) is 3.45. The predicted octanol–water partition coefficient (Wildman–Crippen LogP) is 1.02. The van der Waals surface area contributed by atoms with Crippen LogP contribution in [0.1, 0.15) is 28.7 Å². The van der Waals surface area contributed by atoms with E-state index in [1.54, 1.807) is 10.6 Å². The summed E-state index contributed by atoms with van der Waals surface area (Å²) in [7, 11) is 0. The molecule has 2 rings (SSSR count). The molecular weight excluding hydrogens is 246 g/mol. The zero-order chi connectivity index (χ0) is 14.0. The first kappa shape index (κ1) is 13.1. The molecule has 0 aliphatic rings. The van der Waals surface area contributed by atoms with Crippen LogP contribution in [0.25, 0.3) is 5.65 Å². The highest BCUT2D eigenvalue weighted by Crippen LogP contribution is 2.14. The molecule has 6 heteroatoms. The SMILES string of the molecule is CCc1nc2cc(C)ccn2c1C(=O)NCC(=O)O. The Bertz CT molecular complexity index is 646. The molecular formula is C13H15N3O3. The molecule has 1 amide bonds. The van der Waals surface area contributed by atoms with Crippen molar-refractivity contribution in [1.29, 1.82) is 0 Å². The van der Waals surface area contributed by atoms with Gasteiger partial charge in [-0.2, -0.15) is 0 Å². The highest BCUT2D eigenvalue weighted by molar-refractivity contribution is 5.96. The van der Waals surface area contributed by atoms with E-state index in [9.17, 15) is 9.59 Å². The molecule has 0 fully saturated rings. The monoisotopic (exact) mass is 261 g/mol. The van der Waals surface area contributed by atoms with Gasteiger partial charge in [0.05, 0.1) is 5.69 Å². The van der Waals surface area contributed by atoms with E-state index in [4.69, 9.17) is 5.11 Å². The van der Waals surface area contributed by atoms with Gasteiger partial charge in [0.2, 0.25) is 0 Å². The first-order valence-corrected chi connectivity index (χ1v) is 6.00. The number of carbonyl (C=O) groups is 2. The van der Waals surface area contributed by atoms with E-state index >= 15 is 0 Å². The van der Waals surface area contributed by atoms with Crippen molar-refractivity contribution in [3.05, 3.63) is 35.3 Å². The molecule has 2 N–H and O–H groups in total. The number of rotatable bonds is 4. The maximum Gasteiger partial charge on any atom is 0.322 e. The third-order valence-electron chi connectivity index (χ3n) is 2.80. The number of hydrogen-bond donors (Lipinski definition) is 2. The van der Waals surface area contributed by atoms with Crippen molar-refractivity contribution in [1.82, 2.24) is 14.7 Å². The standard InChI is InChI=1S/C13H15N3O3/c1-3-9-12(13(19)14-7-11(17)18)16-5-4-8(2)6-10(16)15-9/h4-6H,3,7H2,1-2H3,(H,14,19)(H,17,18). The molecule has 0 saturated heterocycles. The Hall–Kier alpha value is -2.37. The van der Waals surface area contributed by atoms with E-state index in [2.05, 4.69) is 10.3 Å². The number of nitrogens with zero attached hydrogens (tertiary/aromatic N) is 2. The zero-order valence-electron chi connectivity index (χ0n) is 10.8. The molecule has 0 unspecified atom stereocenters. The third kappa shape index (κ3) is 2.57.